The summed E-state index contributed by atoms with van der Waals surface area (Å²) in [7, 11) is 0. The molecule has 0 fully saturated rings. The van der Waals surface area contributed by atoms with Crippen molar-refractivity contribution in [1.82, 2.24) is 25.4 Å². The van der Waals surface area contributed by atoms with Crippen LogP contribution >= 0.6 is 23.1 Å². The van der Waals surface area contributed by atoms with Crippen LogP contribution in [0, 0.1) is 10.1 Å². The van der Waals surface area contributed by atoms with Crippen LogP contribution in [0.4, 0.5) is 10.8 Å². The molecule has 1 amide bonds. The highest BCUT2D eigenvalue weighted by molar-refractivity contribution is 8.01. The molecule has 3 rings (SSSR count). The van der Waals surface area contributed by atoms with Crippen molar-refractivity contribution in [3.63, 3.8) is 0 Å². The number of aromatic nitrogens is 5. The zero-order chi connectivity index (χ0) is 19.2. The molecule has 13 heteroatoms. The Balaban J connectivity index is 1.57. The summed E-state index contributed by atoms with van der Waals surface area (Å²) in [4.78, 5) is 28.6. The molecule has 0 saturated heterocycles. The lowest BCUT2D eigenvalue weighted by molar-refractivity contribution is -0.384. The number of carbonyl (C=O) groups excluding carboxylic acids is 1. The number of nitrogens with one attached hydrogen (secondary N) is 1. The maximum atomic E-state index is 12.0. The van der Waals surface area contributed by atoms with Gasteiger partial charge in [0.15, 0.2) is 10.9 Å². The van der Waals surface area contributed by atoms with Crippen molar-refractivity contribution in [2.45, 2.75) is 24.1 Å². The lowest BCUT2D eigenvalue weighted by Crippen LogP contribution is -2.26. The molecular weight excluding hydrogens is 394 g/mol. The highest BCUT2D eigenvalue weighted by Crippen LogP contribution is 2.26. The first-order chi connectivity index (χ1) is 13.1. The molecule has 1 aromatic carbocycles. The average molecular weight is 409 g/mol. The standard InChI is InChI=1S/C14H15N7O4S2/c1-2-3-6-26-14-18-17-13(27-14)15-12(22)8-25-20-11-7-9(21(23)24)4-5-10(11)16-19-20/h4-5,7H,2-3,6,8H2,1H3,(H,15,17,22). The van der Waals surface area contributed by atoms with E-state index < -0.39 is 10.8 Å². The number of hydrogen-bond donors (Lipinski definition) is 1. The van der Waals surface area contributed by atoms with Gasteiger partial charge in [-0.05, 0) is 17.7 Å². The van der Waals surface area contributed by atoms with E-state index in [2.05, 4.69) is 32.7 Å². The molecule has 0 spiro atoms. The number of non-ortho nitro benzene ring substituents is 1. The van der Waals surface area contributed by atoms with E-state index in [0.29, 0.717) is 16.2 Å². The van der Waals surface area contributed by atoms with E-state index >= 15 is 0 Å². The summed E-state index contributed by atoms with van der Waals surface area (Å²) in [6.45, 7) is 1.75. The minimum absolute atomic E-state index is 0.124. The van der Waals surface area contributed by atoms with E-state index in [0.717, 1.165) is 27.8 Å². The van der Waals surface area contributed by atoms with Gasteiger partial charge in [0.25, 0.3) is 11.6 Å². The molecule has 142 valence electrons. The Morgan fingerprint density at radius 1 is 1.41 bits per heavy atom. The van der Waals surface area contributed by atoms with Crippen LogP contribution in [0.25, 0.3) is 11.0 Å². The second-order valence-corrected chi connectivity index (χ2v) is 7.61. The van der Waals surface area contributed by atoms with Gasteiger partial charge in [-0.2, -0.15) is 0 Å². The van der Waals surface area contributed by atoms with Gasteiger partial charge < -0.3 is 4.84 Å². The Kier molecular flexibility index (Phi) is 6.13. The number of carbonyl (C=O) groups is 1. The molecule has 2 heterocycles. The predicted octanol–water partition coefficient (Wildman–Crippen LogP) is 2.15. The van der Waals surface area contributed by atoms with Gasteiger partial charge in [-0.1, -0.05) is 41.3 Å². The predicted molar refractivity (Wildman–Crippen MR) is 99.8 cm³/mol. The Morgan fingerprint density at radius 2 is 2.26 bits per heavy atom. The average Bonchev–Trinajstić information content (AvgIpc) is 3.26. The topological polar surface area (TPSA) is 138 Å². The van der Waals surface area contributed by atoms with E-state index in [-0.39, 0.29) is 12.3 Å². The SMILES string of the molecule is CCCCSc1nnc(NC(=O)COn2nnc3ccc([N+](=O)[O-])cc32)s1. The quantitative estimate of drug-likeness (QED) is 0.185. The third-order valence-electron chi connectivity index (χ3n) is 3.30. The van der Waals surface area contributed by atoms with Crippen LogP contribution in [0.15, 0.2) is 22.5 Å². The van der Waals surface area contributed by atoms with Gasteiger partial charge in [0, 0.05) is 17.9 Å². The van der Waals surface area contributed by atoms with Gasteiger partial charge in [0.1, 0.15) is 11.0 Å². The van der Waals surface area contributed by atoms with Crippen molar-refractivity contribution in [2.24, 2.45) is 0 Å². The Bertz CT molecular complexity index is 958. The smallest absolute Gasteiger partial charge is 0.271 e. The Hall–Kier alpha value is -2.80. The summed E-state index contributed by atoms with van der Waals surface area (Å²) in [5.74, 6) is 0.499. The van der Waals surface area contributed by atoms with Crippen LogP contribution in [-0.2, 0) is 4.79 Å². The minimum Gasteiger partial charge on any atom is -0.385 e. The van der Waals surface area contributed by atoms with Crippen LogP contribution in [0.1, 0.15) is 19.8 Å². The number of amides is 1. The Morgan fingerprint density at radius 3 is 3.04 bits per heavy atom. The van der Waals surface area contributed by atoms with Gasteiger partial charge in [-0.15, -0.1) is 15.3 Å². The summed E-state index contributed by atoms with van der Waals surface area (Å²) in [5, 5.41) is 29.3. The summed E-state index contributed by atoms with van der Waals surface area (Å²) in [5.41, 5.74) is 0.586. The van der Waals surface area contributed by atoms with Gasteiger partial charge in [0.2, 0.25) is 5.13 Å². The zero-order valence-corrected chi connectivity index (χ0v) is 15.8. The number of nitro benzene ring substituents is 1. The fraction of sp³-hybridized carbons (Fsp3) is 0.357. The highest BCUT2D eigenvalue weighted by Gasteiger charge is 2.14. The Labute approximate surface area is 161 Å². The van der Waals surface area contributed by atoms with Crippen molar-refractivity contribution in [1.29, 1.82) is 0 Å². The number of unbranched alkanes of at least 4 members (excludes halogenated alkanes) is 1. The molecule has 0 aliphatic heterocycles. The van der Waals surface area contributed by atoms with Crippen molar-refractivity contribution in [3.8, 4) is 0 Å². The molecule has 0 atom stereocenters. The van der Waals surface area contributed by atoms with Crippen molar-refractivity contribution >= 4 is 50.9 Å². The maximum Gasteiger partial charge on any atom is 0.271 e. The molecule has 0 saturated carbocycles. The lowest BCUT2D eigenvalue weighted by Gasteiger charge is -2.04. The van der Waals surface area contributed by atoms with E-state index in [4.69, 9.17) is 4.84 Å². The maximum absolute atomic E-state index is 12.0. The molecule has 0 unspecified atom stereocenters. The largest absolute Gasteiger partial charge is 0.385 e. The van der Waals surface area contributed by atoms with Gasteiger partial charge in [0.05, 0.1) is 4.92 Å². The number of nitrogens with zero attached hydrogens (tertiary/aromatic N) is 6. The molecule has 0 aliphatic carbocycles. The lowest BCUT2D eigenvalue weighted by atomic mass is 10.3. The van der Waals surface area contributed by atoms with Gasteiger partial charge in [-0.25, -0.2) is 0 Å². The molecule has 11 nitrogen and oxygen atoms in total. The van der Waals surface area contributed by atoms with Gasteiger partial charge >= 0.3 is 0 Å². The molecule has 3 aromatic rings. The monoisotopic (exact) mass is 409 g/mol. The third kappa shape index (κ3) is 4.89. The van der Waals surface area contributed by atoms with Crippen LogP contribution in [0.2, 0.25) is 0 Å². The summed E-state index contributed by atoms with van der Waals surface area (Å²) >= 11 is 2.88. The number of fused-ring (bicyclic) bond motifs is 1. The first kappa shape index (κ1) is 19.0. The van der Waals surface area contributed by atoms with Crippen LogP contribution < -0.4 is 10.2 Å². The number of nitro groups is 1. The fourth-order valence-corrected chi connectivity index (χ4v) is 3.92. The number of thioether (sulfide) groups is 1. The minimum atomic E-state index is -0.533. The second kappa shape index (κ2) is 8.73. The fourth-order valence-electron chi connectivity index (χ4n) is 1.99. The van der Waals surface area contributed by atoms with Crippen LogP contribution in [-0.4, -0.2) is 48.5 Å². The highest BCUT2D eigenvalue weighted by atomic mass is 32.2. The number of hydrogen-bond acceptors (Lipinski definition) is 10. The van der Waals surface area contributed by atoms with E-state index in [1.807, 2.05) is 0 Å². The normalized spacial score (nSPS) is 10.9. The van der Waals surface area contributed by atoms with Crippen molar-refractivity contribution in [2.75, 3.05) is 17.7 Å². The molecule has 0 aliphatic rings. The van der Waals surface area contributed by atoms with Gasteiger partial charge in [-0.3, -0.25) is 20.2 Å². The van der Waals surface area contributed by atoms with E-state index in [9.17, 15) is 14.9 Å². The van der Waals surface area contributed by atoms with Crippen molar-refractivity contribution in [3.05, 3.63) is 28.3 Å². The molecule has 1 N–H and O–H groups in total. The number of rotatable bonds is 9. The van der Waals surface area contributed by atoms with E-state index in [1.165, 1.54) is 29.5 Å². The molecule has 0 radical (unpaired) electrons. The molecule has 2 aromatic heterocycles. The second-order valence-electron chi connectivity index (χ2n) is 5.29. The molecule has 27 heavy (non-hydrogen) atoms. The first-order valence-corrected chi connectivity index (χ1v) is 9.76. The first-order valence-electron chi connectivity index (χ1n) is 7.96. The van der Waals surface area contributed by atoms with E-state index in [1.54, 1.807) is 11.8 Å². The molecular formula is C14H15N7O4S2. The van der Waals surface area contributed by atoms with Crippen LogP contribution in [0.5, 0.6) is 0 Å². The molecule has 0 bridgehead atoms. The van der Waals surface area contributed by atoms with Crippen LogP contribution in [0.3, 0.4) is 0 Å². The zero-order valence-electron chi connectivity index (χ0n) is 14.2. The third-order valence-corrected chi connectivity index (χ3v) is 5.36. The summed E-state index contributed by atoms with van der Waals surface area (Å²) in [6, 6.07) is 4.05. The number of anilines is 1. The summed E-state index contributed by atoms with van der Waals surface area (Å²) in [6.07, 6.45) is 2.19. The summed E-state index contributed by atoms with van der Waals surface area (Å²) < 4.78 is 0.786. The number of benzene rings is 1. The van der Waals surface area contributed by atoms with Crippen molar-refractivity contribution < 1.29 is 14.6 Å².